The third-order valence-electron chi connectivity index (χ3n) is 6.48. The van der Waals surface area contributed by atoms with Crippen LogP contribution in [0.15, 0.2) is 83.8 Å². The first-order valence-electron chi connectivity index (χ1n) is 12.1. The number of nitrogens with one attached hydrogen (secondary N) is 1. The van der Waals surface area contributed by atoms with Crippen molar-refractivity contribution in [3.05, 3.63) is 90.0 Å². The Labute approximate surface area is 216 Å². The van der Waals surface area contributed by atoms with Gasteiger partial charge in [0.05, 0.1) is 23.8 Å². The van der Waals surface area contributed by atoms with Gasteiger partial charge in [-0.15, -0.1) is 0 Å². The summed E-state index contributed by atoms with van der Waals surface area (Å²) in [5, 5.41) is 4.23. The van der Waals surface area contributed by atoms with E-state index < -0.39 is 22.5 Å². The maximum Gasteiger partial charge on any atom is 0.265 e. The van der Waals surface area contributed by atoms with Gasteiger partial charge in [0.15, 0.2) is 11.5 Å². The normalized spacial score (nSPS) is 13.1. The summed E-state index contributed by atoms with van der Waals surface area (Å²) in [6, 6.07) is 23.1. The first-order valence-corrected chi connectivity index (χ1v) is 13.5. The average Bonchev–Trinajstić information content (AvgIpc) is 3.14. The maximum atomic E-state index is 14.1. The van der Waals surface area contributed by atoms with Gasteiger partial charge < -0.3 is 14.8 Å². The Morgan fingerprint density at radius 1 is 0.892 bits per heavy atom. The van der Waals surface area contributed by atoms with E-state index in [1.807, 2.05) is 38.1 Å². The van der Waals surface area contributed by atoms with Gasteiger partial charge in [-0.05, 0) is 54.6 Å². The van der Waals surface area contributed by atoms with E-state index in [2.05, 4.69) is 5.32 Å². The number of carbonyl (C=O) groups is 1. The summed E-state index contributed by atoms with van der Waals surface area (Å²) in [6.07, 6.45) is 0.771. The predicted molar refractivity (Wildman–Crippen MR) is 145 cm³/mol. The molecule has 0 fully saturated rings. The molecule has 37 heavy (non-hydrogen) atoms. The van der Waals surface area contributed by atoms with Gasteiger partial charge in [0.25, 0.3) is 10.0 Å². The van der Waals surface area contributed by atoms with Crippen molar-refractivity contribution in [2.24, 2.45) is 0 Å². The van der Waals surface area contributed by atoms with Crippen LogP contribution in [0.3, 0.4) is 0 Å². The van der Waals surface area contributed by atoms with Crippen LogP contribution in [0.4, 0.5) is 11.4 Å². The smallest absolute Gasteiger partial charge is 0.265 e. The number of nitrogens with zero attached hydrogens (tertiary/aromatic N) is 1. The molecular formula is C29H28N2O5S. The molecule has 1 heterocycles. The van der Waals surface area contributed by atoms with Gasteiger partial charge in [0.1, 0.15) is 6.54 Å². The monoisotopic (exact) mass is 516 g/mol. The first-order chi connectivity index (χ1) is 17.8. The summed E-state index contributed by atoms with van der Waals surface area (Å²) in [5.74, 6) is 0.690. The number of hydrogen-bond donors (Lipinski definition) is 1. The van der Waals surface area contributed by atoms with Gasteiger partial charge in [-0.1, -0.05) is 48.5 Å². The molecule has 0 bridgehead atoms. The van der Waals surface area contributed by atoms with Crippen molar-refractivity contribution in [3.63, 3.8) is 0 Å². The molecule has 8 heteroatoms. The highest BCUT2D eigenvalue weighted by Crippen LogP contribution is 2.34. The number of sulfonamides is 1. The lowest BCUT2D eigenvalue weighted by Gasteiger charge is -2.27. The molecule has 4 aromatic carbocycles. The summed E-state index contributed by atoms with van der Waals surface area (Å²) in [4.78, 5) is 13.4. The third kappa shape index (κ3) is 4.97. The Balaban J connectivity index is 1.51. The maximum absolute atomic E-state index is 14.1. The van der Waals surface area contributed by atoms with Crippen molar-refractivity contribution in [2.45, 2.75) is 25.2 Å². The molecule has 7 nitrogen and oxygen atoms in total. The molecule has 0 aromatic heterocycles. The van der Waals surface area contributed by atoms with E-state index in [4.69, 9.17) is 9.47 Å². The molecule has 0 aliphatic carbocycles. The van der Waals surface area contributed by atoms with Crippen LogP contribution >= 0.6 is 0 Å². The lowest BCUT2D eigenvalue weighted by atomic mass is 10.1. The fourth-order valence-corrected chi connectivity index (χ4v) is 6.11. The molecule has 0 saturated carbocycles. The molecule has 0 unspecified atom stereocenters. The van der Waals surface area contributed by atoms with Crippen LogP contribution in [0.5, 0.6) is 11.5 Å². The highest BCUT2D eigenvalue weighted by molar-refractivity contribution is 7.93. The van der Waals surface area contributed by atoms with Crippen molar-refractivity contribution in [3.8, 4) is 11.5 Å². The summed E-state index contributed by atoms with van der Waals surface area (Å²) < 4.78 is 40.8. The van der Waals surface area contributed by atoms with Crippen molar-refractivity contribution in [1.82, 2.24) is 0 Å². The number of anilines is 2. The zero-order valence-corrected chi connectivity index (χ0v) is 21.5. The zero-order valence-electron chi connectivity index (χ0n) is 20.7. The van der Waals surface area contributed by atoms with E-state index in [0.717, 1.165) is 22.9 Å². The summed E-state index contributed by atoms with van der Waals surface area (Å²) in [7, 11) is -4.10. The Kier molecular flexibility index (Phi) is 6.76. The Bertz CT molecular complexity index is 1580. The lowest BCUT2D eigenvalue weighted by molar-refractivity contribution is -0.114. The van der Waals surface area contributed by atoms with Gasteiger partial charge in [-0.25, -0.2) is 8.42 Å². The molecule has 190 valence electrons. The van der Waals surface area contributed by atoms with Gasteiger partial charge in [-0.2, -0.15) is 0 Å². The number of benzene rings is 4. The van der Waals surface area contributed by atoms with Crippen LogP contribution < -0.4 is 19.1 Å². The summed E-state index contributed by atoms with van der Waals surface area (Å²) in [6.45, 7) is 4.46. The molecule has 0 spiro atoms. The van der Waals surface area contributed by atoms with E-state index in [0.29, 0.717) is 41.5 Å². The van der Waals surface area contributed by atoms with Crippen LogP contribution in [0.2, 0.25) is 0 Å². The minimum atomic E-state index is -4.10. The average molecular weight is 517 g/mol. The van der Waals surface area contributed by atoms with E-state index in [-0.39, 0.29) is 4.90 Å². The number of rotatable bonds is 6. The molecule has 1 N–H and O–H groups in total. The SMILES string of the molecule is Cc1cccc(N(CC(=O)Nc2ccc3c(c2)OCCCO3)S(=O)(=O)c2cccc3ccccc23)c1C. The van der Waals surface area contributed by atoms with Gasteiger partial charge in [-0.3, -0.25) is 9.10 Å². The van der Waals surface area contributed by atoms with Crippen LogP contribution in [0, 0.1) is 13.8 Å². The molecule has 0 saturated heterocycles. The zero-order chi connectivity index (χ0) is 26.0. The second-order valence-electron chi connectivity index (χ2n) is 8.97. The fourth-order valence-electron chi connectivity index (χ4n) is 4.42. The van der Waals surface area contributed by atoms with Crippen LogP contribution in [-0.4, -0.2) is 34.1 Å². The number of ether oxygens (including phenoxy) is 2. The van der Waals surface area contributed by atoms with E-state index in [1.54, 1.807) is 54.6 Å². The van der Waals surface area contributed by atoms with E-state index in [1.165, 1.54) is 4.31 Å². The van der Waals surface area contributed by atoms with E-state index in [9.17, 15) is 13.2 Å². The van der Waals surface area contributed by atoms with Crippen molar-refractivity contribution in [1.29, 1.82) is 0 Å². The quantitative estimate of drug-likeness (QED) is 0.368. The number of carbonyl (C=O) groups excluding carboxylic acids is 1. The molecule has 4 aromatic rings. The van der Waals surface area contributed by atoms with E-state index >= 15 is 0 Å². The molecule has 0 radical (unpaired) electrons. The molecule has 1 aliphatic rings. The first kappa shape index (κ1) is 24.6. The highest BCUT2D eigenvalue weighted by atomic mass is 32.2. The van der Waals surface area contributed by atoms with Crippen LogP contribution in [0.25, 0.3) is 10.8 Å². The highest BCUT2D eigenvalue weighted by Gasteiger charge is 2.30. The number of fused-ring (bicyclic) bond motifs is 2. The van der Waals surface area contributed by atoms with Crippen molar-refractivity contribution < 1.29 is 22.7 Å². The Morgan fingerprint density at radius 3 is 2.46 bits per heavy atom. The lowest BCUT2D eigenvalue weighted by Crippen LogP contribution is -2.38. The Morgan fingerprint density at radius 2 is 1.62 bits per heavy atom. The largest absolute Gasteiger partial charge is 0.490 e. The second kappa shape index (κ2) is 10.1. The molecule has 0 atom stereocenters. The second-order valence-corrected chi connectivity index (χ2v) is 10.8. The molecule has 1 amide bonds. The van der Waals surface area contributed by atoms with Crippen LogP contribution in [-0.2, 0) is 14.8 Å². The minimum absolute atomic E-state index is 0.148. The minimum Gasteiger partial charge on any atom is -0.490 e. The fraction of sp³-hybridized carbons (Fsp3) is 0.207. The van der Waals surface area contributed by atoms with Crippen molar-refractivity contribution in [2.75, 3.05) is 29.4 Å². The van der Waals surface area contributed by atoms with Gasteiger partial charge in [0.2, 0.25) is 5.91 Å². The standard InChI is InChI=1S/C29H28N2O5S/c1-20-8-5-12-25(21(20)2)31(37(33,34)28-13-6-10-22-9-3-4-11-24(22)28)19-29(32)30-23-14-15-26-27(18-23)36-17-7-16-35-26/h3-6,8-15,18H,7,16-17,19H2,1-2H3,(H,30,32). The molecule has 5 rings (SSSR count). The summed E-state index contributed by atoms with van der Waals surface area (Å²) >= 11 is 0. The molecular weight excluding hydrogens is 488 g/mol. The predicted octanol–water partition coefficient (Wildman–Crippen LogP) is 5.45. The van der Waals surface area contributed by atoms with Gasteiger partial charge >= 0.3 is 0 Å². The van der Waals surface area contributed by atoms with Gasteiger partial charge in [0, 0.05) is 23.6 Å². The third-order valence-corrected chi connectivity index (χ3v) is 8.30. The van der Waals surface area contributed by atoms with Crippen molar-refractivity contribution >= 4 is 38.1 Å². The number of aryl methyl sites for hydroxylation is 1. The number of amides is 1. The Hall–Kier alpha value is -4.04. The van der Waals surface area contributed by atoms with Crippen LogP contribution in [0.1, 0.15) is 17.5 Å². The number of hydrogen-bond acceptors (Lipinski definition) is 5. The molecule has 1 aliphatic heterocycles. The summed E-state index contributed by atoms with van der Waals surface area (Å²) in [5.41, 5.74) is 2.67. The topological polar surface area (TPSA) is 84.9 Å².